The van der Waals surface area contributed by atoms with E-state index in [-0.39, 0.29) is 0 Å². The van der Waals surface area contributed by atoms with Crippen LogP contribution in [-0.4, -0.2) is 23.6 Å². The van der Waals surface area contributed by atoms with Gasteiger partial charge in [-0.1, -0.05) is 20.8 Å². The van der Waals surface area contributed by atoms with Gasteiger partial charge < -0.3 is 5.32 Å². The second-order valence-corrected chi connectivity index (χ2v) is 6.79. The van der Waals surface area contributed by atoms with E-state index in [1.807, 2.05) is 0 Å². The highest BCUT2D eigenvalue weighted by Gasteiger charge is 2.11. The molecule has 0 saturated heterocycles. The number of thioether (sulfide) groups is 1. The number of hydrogen-bond donors (Lipinski definition) is 1. The highest BCUT2D eigenvalue weighted by atomic mass is 32.2. The van der Waals surface area contributed by atoms with E-state index in [1.165, 1.54) is 30.6 Å². The van der Waals surface area contributed by atoms with Crippen molar-refractivity contribution >= 4 is 23.1 Å². The van der Waals surface area contributed by atoms with Crippen molar-refractivity contribution in [3.05, 3.63) is 22.4 Å². The molecule has 0 amide bonds. The number of rotatable bonds is 9. The molecule has 0 aliphatic carbocycles. The van der Waals surface area contributed by atoms with Gasteiger partial charge >= 0.3 is 0 Å². The van der Waals surface area contributed by atoms with Crippen LogP contribution in [0.2, 0.25) is 0 Å². The van der Waals surface area contributed by atoms with Crippen LogP contribution < -0.4 is 5.32 Å². The summed E-state index contributed by atoms with van der Waals surface area (Å²) in [7, 11) is 0. The summed E-state index contributed by atoms with van der Waals surface area (Å²) in [5.41, 5.74) is 1.48. The van der Waals surface area contributed by atoms with Crippen molar-refractivity contribution < 1.29 is 0 Å². The molecule has 2 unspecified atom stereocenters. The Morgan fingerprint density at radius 3 is 2.82 bits per heavy atom. The van der Waals surface area contributed by atoms with Crippen molar-refractivity contribution in [1.29, 1.82) is 0 Å². The molecule has 1 heterocycles. The minimum atomic E-state index is 0.628. The monoisotopic (exact) mass is 271 g/mol. The van der Waals surface area contributed by atoms with Crippen molar-refractivity contribution in [2.24, 2.45) is 0 Å². The Labute approximate surface area is 114 Å². The molecule has 0 bridgehead atoms. The Morgan fingerprint density at radius 1 is 1.41 bits per heavy atom. The zero-order valence-electron chi connectivity index (χ0n) is 11.2. The van der Waals surface area contributed by atoms with E-state index in [0.717, 1.165) is 11.8 Å². The molecule has 0 spiro atoms. The van der Waals surface area contributed by atoms with Gasteiger partial charge in [-0.05, 0) is 48.2 Å². The zero-order valence-corrected chi connectivity index (χ0v) is 12.9. The largest absolute Gasteiger partial charge is 0.313 e. The first-order valence-corrected chi connectivity index (χ1v) is 8.61. The van der Waals surface area contributed by atoms with Crippen molar-refractivity contribution in [2.75, 3.05) is 12.3 Å². The standard InChI is InChI=1S/C14H25NS2/c1-4-7-15-14(11-17-12(3)5-2)9-13-6-8-16-10-13/h6,8,10,12,14-15H,4-5,7,9,11H2,1-3H3. The average molecular weight is 271 g/mol. The van der Waals surface area contributed by atoms with E-state index >= 15 is 0 Å². The lowest BCUT2D eigenvalue weighted by atomic mass is 10.1. The lowest BCUT2D eigenvalue weighted by Gasteiger charge is -2.19. The van der Waals surface area contributed by atoms with Gasteiger partial charge in [-0.15, -0.1) is 0 Å². The Bertz CT molecular complexity index is 272. The van der Waals surface area contributed by atoms with Crippen molar-refractivity contribution in [2.45, 2.75) is 51.3 Å². The maximum atomic E-state index is 3.67. The summed E-state index contributed by atoms with van der Waals surface area (Å²) in [5, 5.41) is 8.90. The van der Waals surface area contributed by atoms with Crippen LogP contribution in [0.15, 0.2) is 16.8 Å². The summed E-state index contributed by atoms with van der Waals surface area (Å²) in [6.45, 7) is 7.96. The van der Waals surface area contributed by atoms with E-state index < -0.39 is 0 Å². The Balaban J connectivity index is 2.37. The molecule has 1 aromatic rings. The minimum Gasteiger partial charge on any atom is -0.313 e. The molecule has 1 N–H and O–H groups in total. The molecule has 0 fully saturated rings. The Hall–Kier alpha value is 0.01000. The SMILES string of the molecule is CCCNC(CSC(C)CC)Cc1ccsc1. The second kappa shape index (κ2) is 9.01. The van der Waals surface area contributed by atoms with Gasteiger partial charge in [0.15, 0.2) is 0 Å². The van der Waals surface area contributed by atoms with Gasteiger partial charge in [0.1, 0.15) is 0 Å². The van der Waals surface area contributed by atoms with Crippen LogP contribution in [0, 0.1) is 0 Å². The predicted molar refractivity (Wildman–Crippen MR) is 82.3 cm³/mol. The zero-order chi connectivity index (χ0) is 12.5. The molecular weight excluding hydrogens is 246 g/mol. The highest BCUT2D eigenvalue weighted by Crippen LogP contribution is 2.17. The number of nitrogens with one attached hydrogen (secondary N) is 1. The molecule has 98 valence electrons. The van der Waals surface area contributed by atoms with Gasteiger partial charge in [0.05, 0.1) is 0 Å². The maximum absolute atomic E-state index is 3.67. The third kappa shape index (κ3) is 6.49. The molecule has 0 aromatic carbocycles. The van der Waals surface area contributed by atoms with Gasteiger partial charge in [0, 0.05) is 17.0 Å². The van der Waals surface area contributed by atoms with E-state index in [4.69, 9.17) is 0 Å². The third-order valence-electron chi connectivity index (χ3n) is 2.90. The van der Waals surface area contributed by atoms with E-state index in [9.17, 15) is 0 Å². The minimum absolute atomic E-state index is 0.628. The first-order valence-electron chi connectivity index (χ1n) is 6.62. The summed E-state index contributed by atoms with van der Waals surface area (Å²) in [5.74, 6) is 1.23. The van der Waals surface area contributed by atoms with Crippen LogP contribution in [0.1, 0.15) is 39.2 Å². The predicted octanol–water partition coefficient (Wildman–Crippen LogP) is 4.19. The van der Waals surface area contributed by atoms with Crippen LogP contribution in [-0.2, 0) is 6.42 Å². The van der Waals surface area contributed by atoms with Crippen molar-refractivity contribution in [3.8, 4) is 0 Å². The van der Waals surface area contributed by atoms with E-state index in [0.29, 0.717) is 6.04 Å². The smallest absolute Gasteiger partial charge is 0.0198 e. The first kappa shape index (κ1) is 15.1. The number of hydrogen-bond acceptors (Lipinski definition) is 3. The molecule has 1 nitrogen and oxygen atoms in total. The molecule has 0 saturated carbocycles. The summed E-state index contributed by atoms with van der Waals surface area (Å²) < 4.78 is 0. The van der Waals surface area contributed by atoms with Crippen LogP contribution in [0.3, 0.4) is 0 Å². The highest BCUT2D eigenvalue weighted by molar-refractivity contribution is 7.99. The second-order valence-electron chi connectivity index (χ2n) is 4.54. The van der Waals surface area contributed by atoms with Gasteiger partial charge in [-0.2, -0.15) is 23.1 Å². The van der Waals surface area contributed by atoms with E-state index in [1.54, 1.807) is 11.3 Å². The topological polar surface area (TPSA) is 12.0 Å². The van der Waals surface area contributed by atoms with Gasteiger partial charge in [0.2, 0.25) is 0 Å². The van der Waals surface area contributed by atoms with Gasteiger partial charge in [-0.25, -0.2) is 0 Å². The van der Waals surface area contributed by atoms with Gasteiger partial charge in [0.25, 0.3) is 0 Å². The van der Waals surface area contributed by atoms with Crippen LogP contribution in [0.4, 0.5) is 0 Å². The first-order chi connectivity index (χ1) is 8.26. The average Bonchev–Trinajstić information content (AvgIpc) is 2.84. The molecule has 0 aliphatic rings. The van der Waals surface area contributed by atoms with Crippen LogP contribution in [0.5, 0.6) is 0 Å². The Morgan fingerprint density at radius 2 is 2.24 bits per heavy atom. The van der Waals surface area contributed by atoms with Crippen LogP contribution in [0.25, 0.3) is 0 Å². The molecule has 3 heteroatoms. The summed E-state index contributed by atoms with van der Waals surface area (Å²) in [4.78, 5) is 0. The Kier molecular flexibility index (Phi) is 7.99. The van der Waals surface area contributed by atoms with Crippen molar-refractivity contribution in [1.82, 2.24) is 5.32 Å². The molecule has 1 aromatic heterocycles. The number of thiophene rings is 1. The summed E-state index contributed by atoms with van der Waals surface area (Å²) in [6.07, 6.45) is 3.66. The van der Waals surface area contributed by atoms with E-state index in [2.05, 4.69) is 54.7 Å². The molecule has 0 aliphatic heterocycles. The fourth-order valence-electron chi connectivity index (χ4n) is 1.63. The van der Waals surface area contributed by atoms with Crippen molar-refractivity contribution in [3.63, 3.8) is 0 Å². The molecule has 2 atom stereocenters. The molecule has 0 radical (unpaired) electrons. The summed E-state index contributed by atoms with van der Waals surface area (Å²) in [6, 6.07) is 2.88. The molecule has 1 rings (SSSR count). The quantitative estimate of drug-likeness (QED) is 0.723. The molecule has 17 heavy (non-hydrogen) atoms. The fraction of sp³-hybridized carbons (Fsp3) is 0.714. The van der Waals surface area contributed by atoms with Gasteiger partial charge in [-0.3, -0.25) is 0 Å². The third-order valence-corrected chi connectivity index (χ3v) is 5.13. The molecular formula is C14H25NS2. The lowest BCUT2D eigenvalue weighted by Crippen LogP contribution is -2.34. The lowest BCUT2D eigenvalue weighted by molar-refractivity contribution is 0.550. The van der Waals surface area contributed by atoms with Crippen LogP contribution >= 0.6 is 23.1 Å². The fourth-order valence-corrected chi connectivity index (χ4v) is 3.34. The normalized spacial score (nSPS) is 14.8. The maximum Gasteiger partial charge on any atom is 0.0198 e. The summed E-state index contributed by atoms with van der Waals surface area (Å²) >= 11 is 3.90.